The number of aliphatic hydroxyl groups excluding tert-OH is 1. The van der Waals surface area contributed by atoms with Crippen LogP contribution in [0.3, 0.4) is 0 Å². The fourth-order valence-electron chi connectivity index (χ4n) is 2.51. The fraction of sp³-hybridized carbons (Fsp3) is 0.143. The van der Waals surface area contributed by atoms with Crippen LogP contribution in [-0.4, -0.2) is 28.8 Å². The van der Waals surface area contributed by atoms with E-state index >= 15 is 0 Å². The lowest BCUT2D eigenvalue weighted by atomic mass is 10.0. The van der Waals surface area contributed by atoms with Crippen molar-refractivity contribution in [2.45, 2.75) is 19.3 Å². The van der Waals surface area contributed by atoms with Crippen molar-refractivity contribution in [3.05, 3.63) is 139 Å². The molecule has 1 atom stereocenters. The molecule has 2 rings (SSSR count). The number of ether oxygens (including phenoxy) is 1. The van der Waals surface area contributed by atoms with E-state index in [0.29, 0.717) is 24.3 Å². The molecule has 0 aliphatic carbocycles. The molecule has 34 heavy (non-hydrogen) atoms. The van der Waals surface area contributed by atoms with Crippen molar-refractivity contribution in [3.63, 3.8) is 0 Å². The lowest BCUT2D eigenvalue weighted by Crippen LogP contribution is -2.10. The van der Waals surface area contributed by atoms with Gasteiger partial charge in [0.25, 0.3) is 0 Å². The number of ketones is 1. The molecule has 6 heteroatoms. The number of nitrogens with zero attached hydrogens (tertiary/aromatic N) is 1. The Balaban J connectivity index is 0.000000344. The second-order valence-corrected chi connectivity index (χ2v) is 6.86. The number of carbonyl (C=O) groups excluding carboxylic acids is 1. The van der Waals surface area contributed by atoms with E-state index in [-0.39, 0.29) is 12.2 Å². The van der Waals surface area contributed by atoms with E-state index in [2.05, 4.69) is 24.7 Å². The van der Waals surface area contributed by atoms with E-state index in [4.69, 9.17) is 10.5 Å². The predicted molar refractivity (Wildman–Crippen MR) is 135 cm³/mol. The monoisotopic (exact) mass is 462 g/mol. The molecule has 1 unspecified atom stereocenters. The number of pyridine rings is 1. The summed E-state index contributed by atoms with van der Waals surface area (Å²) in [6.07, 6.45) is 15.2. The topological polar surface area (TPSA) is 85.4 Å². The van der Waals surface area contributed by atoms with Gasteiger partial charge in [-0.2, -0.15) is 0 Å². The minimum Gasteiger partial charge on any atom is -0.365 e. The number of nitrogens with two attached hydrogens (primary N) is 1. The Kier molecular flexibility index (Phi) is 14.0. The lowest BCUT2D eigenvalue weighted by Gasteiger charge is -2.07. The summed E-state index contributed by atoms with van der Waals surface area (Å²) in [7, 11) is 0. The zero-order valence-corrected chi connectivity index (χ0v) is 19.1. The molecule has 3 N–H and O–H groups in total. The third-order valence-corrected chi connectivity index (χ3v) is 4.37. The molecule has 0 radical (unpaired) electrons. The van der Waals surface area contributed by atoms with Crippen LogP contribution in [0, 0.1) is 5.82 Å². The molecular weight excluding hydrogens is 431 g/mol. The van der Waals surface area contributed by atoms with Gasteiger partial charge in [0, 0.05) is 24.7 Å². The van der Waals surface area contributed by atoms with Gasteiger partial charge in [0.15, 0.2) is 12.1 Å². The zero-order valence-electron chi connectivity index (χ0n) is 19.1. The van der Waals surface area contributed by atoms with E-state index in [1.165, 1.54) is 18.3 Å². The fourth-order valence-corrected chi connectivity index (χ4v) is 2.51. The summed E-state index contributed by atoms with van der Waals surface area (Å²) in [5.74, 6) is -0.576. The molecular formula is C28H31FN2O3. The largest absolute Gasteiger partial charge is 0.365 e. The lowest BCUT2D eigenvalue weighted by molar-refractivity contribution is -0.0539. The first-order valence-corrected chi connectivity index (χ1v) is 10.5. The Morgan fingerprint density at radius 1 is 1.12 bits per heavy atom. The average molecular weight is 463 g/mol. The Hall–Kier alpha value is -3.71. The summed E-state index contributed by atoms with van der Waals surface area (Å²) in [5, 5.41) is 9.41. The molecule has 178 valence electrons. The van der Waals surface area contributed by atoms with E-state index in [1.807, 2.05) is 0 Å². The number of carbonyl (C=O) groups is 1. The summed E-state index contributed by atoms with van der Waals surface area (Å²) < 4.78 is 18.5. The molecule has 1 aromatic carbocycles. The molecule has 1 aromatic heterocycles. The Bertz CT molecular complexity index is 1020. The summed E-state index contributed by atoms with van der Waals surface area (Å²) in [4.78, 5) is 15.6. The van der Waals surface area contributed by atoms with Gasteiger partial charge in [-0.3, -0.25) is 9.78 Å². The van der Waals surface area contributed by atoms with E-state index in [1.54, 1.807) is 66.8 Å². The molecule has 5 nitrogen and oxygen atoms in total. The van der Waals surface area contributed by atoms with Crippen LogP contribution in [0.15, 0.2) is 117 Å². The second-order valence-electron chi connectivity index (χ2n) is 6.86. The van der Waals surface area contributed by atoms with Crippen LogP contribution in [0.25, 0.3) is 0 Å². The highest BCUT2D eigenvalue weighted by Crippen LogP contribution is 2.11. The number of aromatic nitrogens is 1. The van der Waals surface area contributed by atoms with Crippen LogP contribution in [0.2, 0.25) is 0 Å². The molecule has 2 aromatic rings. The number of hydrogen-bond donors (Lipinski definition) is 2. The minimum atomic E-state index is -0.928. The third-order valence-electron chi connectivity index (χ3n) is 4.37. The highest BCUT2D eigenvalue weighted by atomic mass is 19.1. The average Bonchev–Trinajstić information content (AvgIpc) is 2.86. The molecule has 0 fully saturated rings. The Labute approximate surface area is 200 Å². The highest BCUT2D eigenvalue weighted by molar-refractivity contribution is 5.97. The number of benzene rings is 1. The van der Waals surface area contributed by atoms with Gasteiger partial charge >= 0.3 is 0 Å². The Morgan fingerprint density at radius 3 is 2.44 bits per heavy atom. The van der Waals surface area contributed by atoms with Crippen molar-refractivity contribution in [1.29, 1.82) is 0 Å². The maximum absolute atomic E-state index is 13.4. The van der Waals surface area contributed by atoms with Crippen molar-refractivity contribution in [1.82, 2.24) is 4.98 Å². The summed E-state index contributed by atoms with van der Waals surface area (Å²) >= 11 is 0. The quantitative estimate of drug-likeness (QED) is 0.263. The van der Waals surface area contributed by atoms with Crippen LogP contribution in [-0.2, 0) is 17.7 Å². The van der Waals surface area contributed by atoms with E-state index in [0.717, 1.165) is 17.3 Å². The molecule has 0 bridgehead atoms. The van der Waals surface area contributed by atoms with E-state index < -0.39 is 12.1 Å². The number of hydrogen-bond acceptors (Lipinski definition) is 5. The molecule has 0 aliphatic heterocycles. The summed E-state index contributed by atoms with van der Waals surface area (Å²) in [6, 6.07) is 8.54. The molecule has 0 aliphatic rings. The maximum atomic E-state index is 13.4. The van der Waals surface area contributed by atoms with Crippen LogP contribution in [0.4, 0.5) is 4.39 Å². The number of rotatable bonds is 12. The van der Waals surface area contributed by atoms with Gasteiger partial charge < -0.3 is 15.6 Å². The van der Waals surface area contributed by atoms with Crippen molar-refractivity contribution in [2.75, 3.05) is 6.61 Å². The van der Waals surface area contributed by atoms with Crippen LogP contribution in [0.1, 0.15) is 21.5 Å². The van der Waals surface area contributed by atoms with Gasteiger partial charge in [-0.25, -0.2) is 4.39 Å². The van der Waals surface area contributed by atoms with Gasteiger partial charge in [-0.1, -0.05) is 86.5 Å². The molecule has 0 saturated carbocycles. The van der Waals surface area contributed by atoms with Gasteiger partial charge in [0.05, 0.1) is 12.8 Å². The van der Waals surface area contributed by atoms with E-state index in [9.17, 15) is 14.3 Å². The summed E-state index contributed by atoms with van der Waals surface area (Å²) in [5.41, 5.74) is 8.22. The predicted octanol–water partition coefficient (Wildman–Crippen LogP) is 5.02. The van der Waals surface area contributed by atoms with Crippen molar-refractivity contribution >= 4 is 5.78 Å². The first kappa shape index (κ1) is 28.3. The van der Waals surface area contributed by atoms with Gasteiger partial charge in [-0.05, 0) is 28.8 Å². The van der Waals surface area contributed by atoms with Crippen molar-refractivity contribution in [3.8, 4) is 0 Å². The number of Topliss-reactive ketones (excluding diaryl/α,β-unsaturated/α-hetero) is 1. The molecule has 0 amide bonds. The number of allylic oxidation sites excluding steroid dienone is 6. The molecule has 0 spiro atoms. The highest BCUT2D eigenvalue weighted by Gasteiger charge is 2.10. The van der Waals surface area contributed by atoms with Crippen LogP contribution < -0.4 is 5.73 Å². The second kappa shape index (κ2) is 16.9. The Morgan fingerprint density at radius 2 is 1.85 bits per heavy atom. The third kappa shape index (κ3) is 11.2. The normalized spacial score (nSPS) is 12.1. The first-order chi connectivity index (χ1) is 16.4. The zero-order chi connectivity index (χ0) is 25.2. The molecule has 1 heterocycles. The van der Waals surface area contributed by atoms with Gasteiger partial charge in [-0.15, -0.1) is 0 Å². The smallest absolute Gasteiger partial charge is 0.174 e. The first-order valence-electron chi connectivity index (χ1n) is 10.5. The van der Waals surface area contributed by atoms with Gasteiger partial charge in [0.1, 0.15) is 5.82 Å². The standard InChI is InChI=1S/C14H13FN2O.C14H18O2/c15-13-9-17-6-5-12(13)7-14(18)11-3-1-10(8-16)2-4-11;1-4-7-8-9-11-14(15)16-12-13(6-3)10-5-2/h1-6,9H,7-8,16H2;4-11,14-15H,1-3,12H2/b;8-7-,11-9+,13-10+. The maximum Gasteiger partial charge on any atom is 0.174 e. The van der Waals surface area contributed by atoms with Gasteiger partial charge in [0.2, 0.25) is 0 Å². The van der Waals surface area contributed by atoms with Crippen LogP contribution >= 0.6 is 0 Å². The minimum absolute atomic E-state index is 0.0380. The SMILES string of the molecule is C=C/C=C\C=C\C(O)OC/C(C=C)=C/C=C.NCc1ccc(C(=O)Cc2ccncc2F)cc1. The number of halogens is 1. The van der Waals surface area contributed by atoms with Crippen LogP contribution in [0.5, 0.6) is 0 Å². The van der Waals surface area contributed by atoms with Crippen molar-refractivity contribution in [2.24, 2.45) is 5.73 Å². The summed E-state index contributed by atoms with van der Waals surface area (Å²) in [6.45, 7) is 11.5. The molecule has 0 saturated heterocycles. The van der Waals surface area contributed by atoms with Crippen molar-refractivity contribution < 1.29 is 19.0 Å². The number of aliphatic hydroxyl groups is 1.